The molecule has 45 heavy (non-hydrogen) atoms. The van der Waals surface area contributed by atoms with E-state index in [1.807, 2.05) is 12.1 Å². The van der Waals surface area contributed by atoms with E-state index in [9.17, 15) is 26.4 Å². The van der Waals surface area contributed by atoms with Crippen molar-refractivity contribution < 1.29 is 31.1 Å². The summed E-state index contributed by atoms with van der Waals surface area (Å²) in [5.41, 5.74) is -1.20. The van der Waals surface area contributed by atoms with Crippen molar-refractivity contribution in [2.75, 3.05) is 6.61 Å². The Morgan fingerprint density at radius 2 is 1.80 bits per heavy atom. The Labute approximate surface area is 265 Å². The van der Waals surface area contributed by atoms with E-state index in [-0.39, 0.29) is 53.5 Å². The van der Waals surface area contributed by atoms with Crippen molar-refractivity contribution in [3.63, 3.8) is 0 Å². The molecule has 0 radical (unpaired) electrons. The van der Waals surface area contributed by atoms with Gasteiger partial charge in [-0.05, 0) is 19.3 Å². The molecule has 8 nitrogen and oxygen atoms in total. The average molecular weight is 707 g/mol. The fourth-order valence-corrected chi connectivity index (χ4v) is 13.1. The number of benzene rings is 1. The number of nitrogens with one attached hydrogen (secondary N) is 1. The quantitative estimate of drug-likeness (QED) is 0.239. The van der Waals surface area contributed by atoms with Gasteiger partial charge in [0, 0.05) is 0 Å². The molecular weight excluding hydrogens is 666 g/mol. The van der Waals surface area contributed by atoms with Crippen molar-refractivity contribution in [3.05, 3.63) is 59.9 Å². The number of alkyl halides is 3. The van der Waals surface area contributed by atoms with Crippen LogP contribution < -0.4 is 13.9 Å². The number of carbonyl (C=O) groups is 1. The molecular formula is C32H41F3GeN4O4S. The van der Waals surface area contributed by atoms with Crippen molar-refractivity contribution in [1.29, 1.82) is 0 Å². The summed E-state index contributed by atoms with van der Waals surface area (Å²) < 4.78 is 77.1. The Balaban J connectivity index is 1.43. The zero-order valence-electron chi connectivity index (χ0n) is 26.5. The Hall–Kier alpha value is -2.87. The summed E-state index contributed by atoms with van der Waals surface area (Å²) in [4.78, 5) is 18.7. The molecule has 2 aromatic heterocycles. The van der Waals surface area contributed by atoms with E-state index in [0.29, 0.717) is 17.4 Å². The van der Waals surface area contributed by atoms with Crippen molar-refractivity contribution in [3.8, 4) is 11.7 Å². The number of aromatic nitrogens is 3. The molecule has 2 aliphatic rings. The zero-order valence-corrected chi connectivity index (χ0v) is 29.4. The first-order valence-corrected chi connectivity index (χ1v) is 24.1. The molecule has 5 rings (SSSR count). The molecule has 2 atom stereocenters. The van der Waals surface area contributed by atoms with Crippen molar-refractivity contribution >= 4 is 33.6 Å². The third-order valence-corrected chi connectivity index (χ3v) is 15.3. The van der Waals surface area contributed by atoms with Gasteiger partial charge in [0.15, 0.2) is 0 Å². The fraction of sp³-hybridized carbons (Fsp3) is 0.531. The van der Waals surface area contributed by atoms with Crippen molar-refractivity contribution in [2.45, 2.75) is 87.1 Å². The Morgan fingerprint density at radius 3 is 2.40 bits per heavy atom. The fourth-order valence-electron chi connectivity index (χ4n) is 6.62. The van der Waals surface area contributed by atoms with Gasteiger partial charge in [0.05, 0.1) is 12.0 Å². The molecule has 1 aromatic carbocycles. The number of hydrogen-bond acceptors (Lipinski definition) is 6. The molecule has 0 aliphatic heterocycles. The van der Waals surface area contributed by atoms with Gasteiger partial charge in [-0.15, -0.1) is 0 Å². The predicted molar refractivity (Wildman–Crippen MR) is 168 cm³/mol. The monoisotopic (exact) mass is 708 g/mol. The van der Waals surface area contributed by atoms with Gasteiger partial charge in [-0.3, -0.25) is 0 Å². The van der Waals surface area contributed by atoms with Crippen LogP contribution in [-0.2, 0) is 10.0 Å². The maximum atomic E-state index is 13.8. The van der Waals surface area contributed by atoms with Crippen LogP contribution in [0.3, 0.4) is 0 Å². The second-order valence-corrected chi connectivity index (χ2v) is 26.6. The van der Waals surface area contributed by atoms with E-state index in [4.69, 9.17) is 9.72 Å². The van der Waals surface area contributed by atoms with E-state index in [0.717, 1.165) is 17.2 Å². The second-order valence-electron chi connectivity index (χ2n) is 14.3. The van der Waals surface area contributed by atoms with Crippen LogP contribution in [0.1, 0.15) is 74.8 Å². The summed E-state index contributed by atoms with van der Waals surface area (Å²) in [5, 5.41) is 4.37. The number of hydrogen-bond donors (Lipinski definition) is 1. The number of halogens is 3. The first kappa shape index (κ1) is 33.5. The molecule has 0 bridgehead atoms. The van der Waals surface area contributed by atoms with Crippen LogP contribution in [0.25, 0.3) is 5.82 Å². The van der Waals surface area contributed by atoms with Gasteiger partial charge in [0.1, 0.15) is 0 Å². The van der Waals surface area contributed by atoms with E-state index < -0.39 is 40.8 Å². The number of nitrogens with zero attached hydrogens (tertiary/aromatic N) is 3. The van der Waals surface area contributed by atoms with E-state index in [1.54, 1.807) is 30.5 Å². The molecule has 2 fully saturated rings. The standard InChI is InChI=1S/C32H41F3GeN4O4S/c1-21-19-23(30(2,3)20-21)28-22(29(41)39-45(42,43)25-10-8-7-9-24(25)36(4,5)6)11-12-26(37-28)40-17-13-27(38-40)44-18-16-31(14-15-31)32(33,34)35/h7-13,17,21,23H,14-16,18-20H2,1-6H3,(H,39,41)/t21-,23?/m1/s1. The molecule has 1 N–H and O–H groups in total. The number of rotatable bonds is 10. The summed E-state index contributed by atoms with van der Waals surface area (Å²) >= 11 is -2.61. The topological polar surface area (TPSA) is 103 Å². The first-order valence-electron chi connectivity index (χ1n) is 15.3. The Bertz CT molecular complexity index is 1690. The van der Waals surface area contributed by atoms with Gasteiger partial charge in [-0.1, -0.05) is 0 Å². The SMILES string of the molecule is C[C@@H]1CC(c2nc(-n3ccc(OCCC4(C(F)(F)F)CC4)n3)ccc2C(=O)NS(=O)(=O)c2cccc[c]2[Ge]([CH3])([CH3])[CH3])C(C)(C)C1. The van der Waals surface area contributed by atoms with Gasteiger partial charge in [-0.25, -0.2) is 0 Å². The average Bonchev–Trinajstić information content (AvgIpc) is 3.50. The van der Waals surface area contributed by atoms with Crippen molar-refractivity contribution in [1.82, 2.24) is 19.5 Å². The molecule has 0 saturated heterocycles. The number of carbonyl (C=O) groups excluding carboxylic acids is 1. The van der Waals surface area contributed by atoms with Gasteiger partial charge >= 0.3 is 217 Å². The Kier molecular flexibility index (Phi) is 8.74. The molecule has 13 heteroatoms. The Morgan fingerprint density at radius 1 is 1.11 bits per heavy atom. The molecule has 0 spiro atoms. The van der Waals surface area contributed by atoms with Crippen LogP contribution in [0.4, 0.5) is 13.2 Å². The van der Waals surface area contributed by atoms with Gasteiger partial charge in [0.25, 0.3) is 0 Å². The third-order valence-electron chi connectivity index (χ3n) is 9.24. The van der Waals surface area contributed by atoms with E-state index >= 15 is 0 Å². The van der Waals surface area contributed by atoms with Crippen LogP contribution in [-0.4, -0.2) is 55.1 Å². The zero-order chi connectivity index (χ0) is 33.0. The number of amides is 1. The van der Waals surface area contributed by atoms with Crippen LogP contribution in [0, 0.1) is 16.7 Å². The number of ether oxygens (including phenoxy) is 1. The third kappa shape index (κ3) is 6.96. The molecule has 2 heterocycles. The molecule has 2 saturated carbocycles. The summed E-state index contributed by atoms with van der Waals surface area (Å²) in [5.74, 6) is 6.33. The summed E-state index contributed by atoms with van der Waals surface area (Å²) in [6.07, 6.45) is -0.866. The normalized spacial score (nSPS) is 21.0. The van der Waals surface area contributed by atoms with Crippen LogP contribution in [0.2, 0.25) is 17.3 Å². The number of pyridine rings is 1. The number of sulfonamides is 1. The second kappa shape index (κ2) is 11.7. The molecule has 244 valence electrons. The van der Waals surface area contributed by atoms with Gasteiger partial charge < -0.3 is 4.74 Å². The van der Waals surface area contributed by atoms with Crippen LogP contribution in [0.15, 0.2) is 53.6 Å². The molecule has 1 unspecified atom stereocenters. The van der Waals surface area contributed by atoms with Crippen LogP contribution >= 0.6 is 0 Å². The van der Waals surface area contributed by atoms with Gasteiger partial charge in [0.2, 0.25) is 0 Å². The minimum absolute atomic E-state index is 0.112. The van der Waals surface area contributed by atoms with E-state index in [2.05, 4.69) is 47.9 Å². The summed E-state index contributed by atoms with van der Waals surface area (Å²) in [6.45, 7) is 6.27. The molecule has 1 amide bonds. The van der Waals surface area contributed by atoms with Crippen molar-refractivity contribution in [2.24, 2.45) is 16.7 Å². The molecule has 3 aromatic rings. The van der Waals surface area contributed by atoms with Gasteiger partial charge in [-0.2, -0.15) is 13.2 Å². The molecule has 2 aliphatic carbocycles. The van der Waals surface area contributed by atoms with Crippen LogP contribution in [0.5, 0.6) is 5.88 Å². The van der Waals surface area contributed by atoms with E-state index in [1.165, 1.54) is 10.7 Å². The minimum atomic E-state index is -4.24. The summed E-state index contributed by atoms with van der Waals surface area (Å²) in [6, 6.07) is 11.5. The predicted octanol–water partition coefficient (Wildman–Crippen LogP) is 6.58. The summed E-state index contributed by atoms with van der Waals surface area (Å²) in [7, 11) is -4.17. The maximum absolute atomic E-state index is 13.8. The first-order chi connectivity index (χ1) is 20.8.